The Kier molecular flexibility index (Phi) is 11.6. The SMILES string of the molecule is CCC(CC)NC(=O)Nc1ccc(Oc2ccc(NC(=O)c3ccc(OC45CCCC(CC4)N5CCCOC)cc3)cc2)c(OC)c1. The molecular weight excluding hydrogens is 596 g/mol. The van der Waals surface area contributed by atoms with E-state index in [1.165, 1.54) is 12.8 Å². The smallest absolute Gasteiger partial charge is 0.319 e. The zero-order valence-electron chi connectivity index (χ0n) is 28.0. The van der Waals surface area contributed by atoms with E-state index in [2.05, 4.69) is 20.9 Å². The van der Waals surface area contributed by atoms with Crippen molar-refractivity contribution in [2.75, 3.05) is 38.0 Å². The third-order valence-corrected chi connectivity index (χ3v) is 9.19. The minimum Gasteiger partial charge on any atom is -0.493 e. The molecule has 2 bridgehead atoms. The fourth-order valence-electron chi connectivity index (χ4n) is 6.64. The van der Waals surface area contributed by atoms with Gasteiger partial charge in [0.15, 0.2) is 17.2 Å². The molecule has 0 radical (unpaired) electrons. The van der Waals surface area contributed by atoms with Crippen LogP contribution in [0.15, 0.2) is 66.7 Å². The van der Waals surface area contributed by atoms with Crippen molar-refractivity contribution in [3.05, 3.63) is 72.3 Å². The summed E-state index contributed by atoms with van der Waals surface area (Å²) >= 11 is 0. The van der Waals surface area contributed by atoms with Crippen molar-refractivity contribution in [2.45, 2.75) is 83.0 Å². The van der Waals surface area contributed by atoms with Gasteiger partial charge in [-0.05, 0) is 99.2 Å². The number of nitrogens with zero attached hydrogens (tertiary/aromatic N) is 1. The van der Waals surface area contributed by atoms with Gasteiger partial charge in [-0.2, -0.15) is 0 Å². The lowest BCUT2D eigenvalue weighted by molar-refractivity contribution is -0.0991. The number of anilines is 2. The van der Waals surface area contributed by atoms with Gasteiger partial charge >= 0.3 is 6.03 Å². The quantitative estimate of drug-likeness (QED) is 0.145. The molecule has 10 nitrogen and oxygen atoms in total. The topological polar surface area (TPSA) is 110 Å². The molecule has 3 aromatic carbocycles. The molecular formula is C37H48N4O6. The Morgan fingerprint density at radius 2 is 1.60 bits per heavy atom. The predicted octanol–water partition coefficient (Wildman–Crippen LogP) is 7.81. The van der Waals surface area contributed by atoms with Gasteiger partial charge in [0.2, 0.25) is 0 Å². The van der Waals surface area contributed by atoms with Crippen LogP contribution >= 0.6 is 0 Å². The standard InChI is InChI=1S/C37H48N4O6/c1-5-27(6-2)39-36(43)40-29-14-19-33(34(25-29)45-4)46-31-17-12-28(13-18-31)38-35(42)26-10-15-32(16-11-26)47-37-21-7-9-30(20-22-37)41(37)23-8-24-44-3/h10-19,25,27,30H,5-9,20-24H2,1-4H3,(H,38,42)(H2,39,40,43). The van der Waals surface area contributed by atoms with Crippen LogP contribution in [0, 0.1) is 0 Å². The Morgan fingerprint density at radius 1 is 0.872 bits per heavy atom. The number of benzene rings is 3. The number of rotatable bonds is 15. The van der Waals surface area contributed by atoms with Crippen LogP contribution in [0.5, 0.6) is 23.0 Å². The summed E-state index contributed by atoms with van der Waals surface area (Å²) in [6.07, 6.45) is 8.32. The monoisotopic (exact) mass is 644 g/mol. The fourth-order valence-corrected chi connectivity index (χ4v) is 6.64. The normalized spacial score (nSPS) is 18.9. The molecule has 2 unspecified atom stereocenters. The highest BCUT2D eigenvalue weighted by Crippen LogP contribution is 2.45. The molecule has 3 amide bonds. The number of ether oxygens (including phenoxy) is 4. The number of urea groups is 1. The van der Waals surface area contributed by atoms with Gasteiger partial charge in [-0.25, -0.2) is 4.79 Å². The van der Waals surface area contributed by atoms with Gasteiger partial charge in [0.05, 0.1) is 7.11 Å². The lowest BCUT2D eigenvalue weighted by Gasteiger charge is -2.44. The zero-order valence-corrected chi connectivity index (χ0v) is 28.0. The van der Waals surface area contributed by atoms with Gasteiger partial charge in [0.1, 0.15) is 11.5 Å². The Morgan fingerprint density at radius 3 is 2.30 bits per heavy atom. The number of piperidine rings is 1. The van der Waals surface area contributed by atoms with Crippen LogP contribution < -0.4 is 30.2 Å². The van der Waals surface area contributed by atoms with Crippen LogP contribution in [0.3, 0.4) is 0 Å². The second kappa shape index (κ2) is 16.0. The number of carbonyl (C=O) groups excluding carboxylic acids is 2. The minimum absolute atomic E-state index is 0.122. The summed E-state index contributed by atoms with van der Waals surface area (Å²) in [5, 5.41) is 8.75. The average Bonchev–Trinajstić information content (AvgIpc) is 3.26. The number of hydrogen-bond donors (Lipinski definition) is 3. The van der Waals surface area contributed by atoms with Crippen LogP contribution in [0.4, 0.5) is 16.2 Å². The first-order chi connectivity index (χ1) is 22.9. The summed E-state index contributed by atoms with van der Waals surface area (Å²) in [5.74, 6) is 2.12. The largest absolute Gasteiger partial charge is 0.493 e. The van der Waals surface area contributed by atoms with Gasteiger partial charge in [0, 0.05) is 68.2 Å². The van der Waals surface area contributed by atoms with E-state index in [1.807, 2.05) is 38.1 Å². The summed E-state index contributed by atoms with van der Waals surface area (Å²) in [5.41, 5.74) is 1.52. The van der Waals surface area contributed by atoms with Gasteiger partial charge in [-0.1, -0.05) is 13.8 Å². The van der Waals surface area contributed by atoms with Crippen LogP contribution in [0.2, 0.25) is 0 Å². The summed E-state index contributed by atoms with van der Waals surface area (Å²) in [6.45, 7) is 5.80. The molecule has 2 aliphatic heterocycles. The van der Waals surface area contributed by atoms with E-state index >= 15 is 0 Å². The molecule has 2 aliphatic rings. The maximum Gasteiger partial charge on any atom is 0.319 e. The molecule has 2 atom stereocenters. The first kappa shape index (κ1) is 34.1. The average molecular weight is 645 g/mol. The zero-order chi connectivity index (χ0) is 33.2. The highest BCUT2D eigenvalue weighted by Gasteiger charge is 2.50. The van der Waals surface area contributed by atoms with E-state index in [1.54, 1.807) is 56.7 Å². The van der Waals surface area contributed by atoms with Crippen LogP contribution in [0.1, 0.15) is 75.6 Å². The molecule has 0 aromatic heterocycles. The molecule has 0 aliphatic carbocycles. The highest BCUT2D eigenvalue weighted by atomic mass is 16.5. The Labute approximate surface area is 278 Å². The Balaban J connectivity index is 1.15. The van der Waals surface area contributed by atoms with Gasteiger partial charge in [0.25, 0.3) is 5.91 Å². The molecule has 47 heavy (non-hydrogen) atoms. The predicted molar refractivity (Wildman–Crippen MR) is 184 cm³/mol. The highest BCUT2D eigenvalue weighted by molar-refractivity contribution is 6.04. The third-order valence-electron chi connectivity index (χ3n) is 9.19. The van der Waals surface area contributed by atoms with Gasteiger partial charge < -0.3 is 34.9 Å². The van der Waals surface area contributed by atoms with Crippen molar-refractivity contribution in [2.24, 2.45) is 0 Å². The van der Waals surface area contributed by atoms with Crippen LogP contribution in [-0.2, 0) is 4.74 Å². The lowest BCUT2D eigenvalue weighted by atomic mass is 9.99. The first-order valence-corrected chi connectivity index (χ1v) is 16.8. The minimum atomic E-state index is -0.267. The number of hydrogen-bond acceptors (Lipinski definition) is 7. The van der Waals surface area contributed by atoms with E-state index in [9.17, 15) is 9.59 Å². The van der Waals surface area contributed by atoms with E-state index in [4.69, 9.17) is 18.9 Å². The molecule has 2 saturated heterocycles. The van der Waals surface area contributed by atoms with Crippen molar-refractivity contribution in [3.63, 3.8) is 0 Å². The summed E-state index contributed by atoms with van der Waals surface area (Å²) in [7, 11) is 3.29. The van der Waals surface area contributed by atoms with Crippen molar-refractivity contribution < 1.29 is 28.5 Å². The Hall–Kier alpha value is -4.28. The van der Waals surface area contributed by atoms with Gasteiger partial charge in [-0.15, -0.1) is 0 Å². The molecule has 2 heterocycles. The first-order valence-electron chi connectivity index (χ1n) is 16.8. The summed E-state index contributed by atoms with van der Waals surface area (Å²) in [4.78, 5) is 27.9. The number of carbonyl (C=O) groups is 2. The van der Waals surface area contributed by atoms with E-state index in [0.717, 1.165) is 57.4 Å². The van der Waals surface area contributed by atoms with E-state index in [0.29, 0.717) is 40.2 Å². The fraction of sp³-hybridized carbons (Fsp3) is 0.459. The number of amides is 3. The lowest BCUT2D eigenvalue weighted by Crippen LogP contribution is -2.54. The molecule has 5 rings (SSSR count). The third kappa shape index (κ3) is 8.55. The molecule has 3 N–H and O–H groups in total. The molecule has 2 fully saturated rings. The Bertz CT molecular complexity index is 1470. The van der Waals surface area contributed by atoms with Crippen molar-refractivity contribution >= 4 is 23.3 Å². The molecule has 0 saturated carbocycles. The molecule has 252 valence electrons. The van der Waals surface area contributed by atoms with Crippen molar-refractivity contribution in [1.82, 2.24) is 10.2 Å². The molecule has 0 spiro atoms. The number of methoxy groups -OCH3 is 2. The number of fused-ring (bicyclic) bond motifs is 2. The van der Waals surface area contributed by atoms with Crippen molar-refractivity contribution in [1.29, 1.82) is 0 Å². The second-order valence-electron chi connectivity index (χ2n) is 12.3. The summed E-state index contributed by atoms with van der Waals surface area (Å²) in [6, 6.07) is 20.2. The van der Waals surface area contributed by atoms with Crippen LogP contribution in [0.25, 0.3) is 0 Å². The molecule has 3 aromatic rings. The maximum absolute atomic E-state index is 13.0. The van der Waals surface area contributed by atoms with Crippen LogP contribution in [-0.4, -0.2) is 62.0 Å². The van der Waals surface area contributed by atoms with Gasteiger partial charge in [-0.3, -0.25) is 9.69 Å². The second-order valence-corrected chi connectivity index (χ2v) is 12.3. The molecule has 10 heteroatoms. The van der Waals surface area contributed by atoms with Crippen molar-refractivity contribution in [3.8, 4) is 23.0 Å². The maximum atomic E-state index is 13.0. The number of nitrogens with one attached hydrogen (secondary N) is 3. The van der Waals surface area contributed by atoms with E-state index in [-0.39, 0.29) is 23.7 Å². The summed E-state index contributed by atoms with van der Waals surface area (Å²) < 4.78 is 23.5. The van der Waals surface area contributed by atoms with E-state index < -0.39 is 0 Å².